The van der Waals surface area contributed by atoms with Crippen molar-refractivity contribution >= 4 is 40.9 Å². The van der Waals surface area contributed by atoms with Gasteiger partial charge in [0.25, 0.3) is 5.91 Å². The molecule has 0 aliphatic carbocycles. The van der Waals surface area contributed by atoms with E-state index in [-0.39, 0.29) is 18.2 Å². The number of carbonyl (C=O) groups excluding carboxylic acids is 3. The van der Waals surface area contributed by atoms with E-state index in [0.29, 0.717) is 23.7 Å². The van der Waals surface area contributed by atoms with E-state index in [2.05, 4.69) is 5.32 Å². The zero-order valence-electron chi connectivity index (χ0n) is 15.3. The number of rotatable bonds is 7. The number of thioether (sulfide) groups is 1. The van der Waals surface area contributed by atoms with Crippen molar-refractivity contribution in [3.63, 3.8) is 0 Å². The fraction of sp³-hybridized carbons (Fsp3) is 0.250. The summed E-state index contributed by atoms with van der Waals surface area (Å²) in [5, 5.41) is 2.64. The van der Waals surface area contributed by atoms with Crippen LogP contribution in [0.15, 0.2) is 53.4 Å². The van der Waals surface area contributed by atoms with Gasteiger partial charge in [-0.1, -0.05) is 12.1 Å². The van der Waals surface area contributed by atoms with Crippen molar-refractivity contribution in [3.8, 4) is 5.75 Å². The van der Waals surface area contributed by atoms with Gasteiger partial charge in [-0.05, 0) is 43.3 Å². The fourth-order valence-corrected chi connectivity index (χ4v) is 3.58. The van der Waals surface area contributed by atoms with Gasteiger partial charge in [0.15, 0.2) is 6.61 Å². The van der Waals surface area contributed by atoms with Gasteiger partial charge in [0.05, 0.1) is 18.0 Å². The normalized spacial score (nSPS) is 12.9. The first-order valence-corrected chi connectivity index (χ1v) is 9.76. The van der Waals surface area contributed by atoms with Crippen LogP contribution in [-0.4, -0.2) is 43.3 Å². The van der Waals surface area contributed by atoms with E-state index >= 15 is 0 Å². The van der Waals surface area contributed by atoms with Crippen LogP contribution in [0, 0.1) is 0 Å². The molecule has 2 amide bonds. The molecule has 0 aromatic heterocycles. The minimum absolute atomic E-state index is 0.167. The molecule has 0 saturated carbocycles. The molecule has 0 atom stereocenters. The van der Waals surface area contributed by atoms with Gasteiger partial charge in [-0.15, -0.1) is 11.8 Å². The molecule has 28 heavy (non-hydrogen) atoms. The first-order chi connectivity index (χ1) is 13.6. The SMILES string of the molecule is CCOc1ccc(NC(=O)COC(=O)CN2C(=O)CSc3ccccc32)cc1. The van der Waals surface area contributed by atoms with Gasteiger partial charge in [-0.2, -0.15) is 0 Å². The molecule has 2 aromatic carbocycles. The molecular weight excluding hydrogens is 380 g/mol. The number of esters is 1. The molecule has 8 heteroatoms. The molecule has 3 rings (SSSR count). The molecule has 0 bridgehead atoms. The number of benzene rings is 2. The van der Waals surface area contributed by atoms with Crippen molar-refractivity contribution in [2.75, 3.05) is 35.7 Å². The maximum absolute atomic E-state index is 12.2. The largest absolute Gasteiger partial charge is 0.494 e. The van der Waals surface area contributed by atoms with Crippen LogP contribution in [0.4, 0.5) is 11.4 Å². The summed E-state index contributed by atoms with van der Waals surface area (Å²) in [5.41, 5.74) is 1.25. The van der Waals surface area contributed by atoms with E-state index in [1.807, 2.05) is 19.1 Å². The molecule has 0 spiro atoms. The number of fused-ring (bicyclic) bond motifs is 1. The summed E-state index contributed by atoms with van der Waals surface area (Å²) in [4.78, 5) is 38.6. The van der Waals surface area contributed by atoms with Gasteiger partial charge in [-0.3, -0.25) is 19.3 Å². The highest BCUT2D eigenvalue weighted by Gasteiger charge is 2.26. The molecule has 0 unspecified atom stereocenters. The molecule has 2 aromatic rings. The van der Waals surface area contributed by atoms with Crippen molar-refractivity contribution in [1.82, 2.24) is 0 Å². The predicted octanol–water partition coefficient (Wildman–Crippen LogP) is 2.71. The van der Waals surface area contributed by atoms with Gasteiger partial charge in [-0.25, -0.2) is 0 Å². The van der Waals surface area contributed by atoms with Crippen LogP contribution in [-0.2, 0) is 19.1 Å². The Morgan fingerprint density at radius 1 is 1.14 bits per heavy atom. The van der Waals surface area contributed by atoms with Crippen LogP contribution in [0.3, 0.4) is 0 Å². The Balaban J connectivity index is 1.50. The summed E-state index contributed by atoms with van der Waals surface area (Å²) in [7, 11) is 0. The van der Waals surface area contributed by atoms with Crippen LogP contribution >= 0.6 is 11.8 Å². The number of ether oxygens (including phenoxy) is 2. The molecule has 0 fully saturated rings. The van der Waals surface area contributed by atoms with Crippen molar-refractivity contribution < 1.29 is 23.9 Å². The molecule has 7 nitrogen and oxygen atoms in total. The molecule has 146 valence electrons. The van der Waals surface area contributed by atoms with Gasteiger partial charge in [0.2, 0.25) is 5.91 Å². The maximum atomic E-state index is 12.2. The van der Waals surface area contributed by atoms with Crippen molar-refractivity contribution in [2.24, 2.45) is 0 Å². The number of amides is 2. The predicted molar refractivity (Wildman–Crippen MR) is 107 cm³/mol. The second kappa shape index (κ2) is 9.27. The lowest BCUT2D eigenvalue weighted by atomic mass is 10.2. The quantitative estimate of drug-likeness (QED) is 0.720. The lowest BCUT2D eigenvalue weighted by Crippen LogP contribution is -2.40. The Morgan fingerprint density at radius 3 is 2.64 bits per heavy atom. The lowest BCUT2D eigenvalue weighted by Gasteiger charge is -2.27. The zero-order chi connectivity index (χ0) is 19.9. The van der Waals surface area contributed by atoms with E-state index in [9.17, 15) is 14.4 Å². The third-order valence-electron chi connectivity index (χ3n) is 3.91. The summed E-state index contributed by atoms with van der Waals surface area (Å²) in [5.74, 6) is -0.297. The molecule has 1 heterocycles. The number of nitrogens with zero attached hydrogens (tertiary/aromatic N) is 1. The summed E-state index contributed by atoms with van der Waals surface area (Å²) in [6.45, 7) is 1.79. The lowest BCUT2D eigenvalue weighted by molar-refractivity contribution is -0.146. The van der Waals surface area contributed by atoms with Crippen LogP contribution < -0.4 is 15.0 Å². The minimum atomic E-state index is -0.642. The Hall–Kier alpha value is -3.00. The highest BCUT2D eigenvalue weighted by atomic mass is 32.2. The van der Waals surface area contributed by atoms with E-state index in [1.165, 1.54) is 16.7 Å². The third kappa shape index (κ3) is 5.04. The third-order valence-corrected chi connectivity index (χ3v) is 4.96. The molecule has 1 aliphatic rings. The van der Waals surface area contributed by atoms with Crippen molar-refractivity contribution in [3.05, 3.63) is 48.5 Å². The number of para-hydroxylation sites is 1. The summed E-state index contributed by atoms with van der Waals surface area (Å²) in [6, 6.07) is 14.2. The standard InChI is InChI=1S/C20H20N2O5S/c1-2-26-15-9-7-14(8-10-15)21-18(23)12-27-20(25)11-22-16-5-3-4-6-17(16)28-13-19(22)24/h3-10H,2,11-13H2,1H3,(H,21,23). The first kappa shape index (κ1) is 19.8. The number of anilines is 2. The fourth-order valence-electron chi connectivity index (χ4n) is 2.65. The summed E-state index contributed by atoms with van der Waals surface area (Å²) >= 11 is 1.43. The molecule has 1 N–H and O–H groups in total. The van der Waals surface area contributed by atoms with E-state index in [1.54, 1.807) is 36.4 Å². The van der Waals surface area contributed by atoms with Gasteiger partial charge in [0, 0.05) is 10.6 Å². The summed E-state index contributed by atoms with van der Waals surface area (Å²) < 4.78 is 10.4. The number of hydrogen-bond donors (Lipinski definition) is 1. The Morgan fingerprint density at radius 2 is 1.89 bits per heavy atom. The topological polar surface area (TPSA) is 84.9 Å². The maximum Gasteiger partial charge on any atom is 0.326 e. The monoisotopic (exact) mass is 400 g/mol. The van der Waals surface area contributed by atoms with E-state index in [4.69, 9.17) is 9.47 Å². The van der Waals surface area contributed by atoms with Crippen LogP contribution in [0.25, 0.3) is 0 Å². The number of nitrogens with one attached hydrogen (secondary N) is 1. The molecule has 1 aliphatic heterocycles. The number of carbonyl (C=O) groups is 3. The van der Waals surface area contributed by atoms with E-state index in [0.717, 1.165) is 4.90 Å². The van der Waals surface area contributed by atoms with Crippen molar-refractivity contribution in [1.29, 1.82) is 0 Å². The van der Waals surface area contributed by atoms with Crippen molar-refractivity contribution in [2.45, 2.75) is 11.8 Å². The average Bonchev–Trinajstić information content (AvgIpc) is 2.70. The summed E-state index contributed by atoms with van der Waals surface area (Å²) in [6.07, 6.45) is 0. The van der Waals surface area contributed by atoms with Gasteiger partial charge in [0.1, 0.15) is 12.3 Å². The molecule has 0 saturated heterocycles. The highest BCUT2D eigenvalue weighted by molar-refractivity contribution is 8.00. The highest BCUT2D eigenvalue weighted by Crippen LogP contribution is 2.34. The number of hydrogen-bond acceptors (Lipinski definition) is 6. The Kier molecular flexibility index (Phi) is 6.54. The Bertz CT molecular complexity index is 869. The van der Waals surface area contributed by atoms with Crippen LogP contribution in [0.5, 0.6) is 5.75 Å². The van der Waals surface area contributed by atoms with Crippen LogP contribution in [0.1, 0.15) is 6.92 Å². The van der Waals surface area contributed by atoms with Gasteiger partial charge < -0.3 is 14.8 Å². The van der Waals surface area contributed by atoms with E-state index < -0.39 is 18.5 Å². The van der Waals surface area contributed by atoms with Gasteiger partial charge >= 0.3 is 5.97 Å². The second-order valence-corrected chi connectivity index (χ2v) is 6.92. The zero-order valence-corrected chi connectivity index (χ0v) is 16.2. The molecule has 0 radical (unpaired) electrons. The minimum Gasteiger partial charge on any atom is -0.494 e. The smallest absolute Gasteiger partial charge is 0.326 e. The Labute approximate surface area is 167 Å². The molecular formula is C20H20N2O5S. The second-order valence-electron chi connectivity index (χ2n) is 5.90. The van der Waals surface area contributed by atoms with Crippen LogP contribution in [0.2, 0.25) is 0 Å². The average molecular weight is 400 g/mol. The first-order valence-electron chi connectivity index (χ1n) is 8.77.